The van der Waals surface area contributed by atoms with Crippen LogP contribution in [-0.4, -0.2) is 49.7 Å². The monoisotopic (exact) mass is 427 g/mol. The molecular formula is C21H18FN3O4S. The van der Waals surface area contributed by atoms with Gasteiger partial charge in [-0.15, -0.1) is 0 Å². The normalized spacial score (nSPS) is 15.3. The van der Waals surface area contributed by atoms with Gasteiger partial charge in [0.05, 0.1) is 16.5 Å². The number of halogens is 1. The minimum absolute atomic E-state index is 0.108. The molecule has 0 spiro atoms. The van der Waals surface area contributed by atoms with Crippen molar-refractivity contribution < 1.29 is 22.0 Å². The van der Waals surface area contributed by atoms with E-state index >= 15 is 0 Å². The Kier molecular flexibility index (Phi) is 5.05. The van der Waals surface area contributed by atoms with Crippen molar-refractivity contribution in [2.75, 3.05) is 26.2 Å². The first-order valence-corrected chi connectivity index (χ1v) is 10.7. The van der Waals surface area contributed by atoms with Crippen LogP contribution in [0.3, 0.4) is 0 Å². The molecule has 0 bridgehead atoms. The molecule has 154 valence electrons. The molecule has 0 N–H and O–H groups in total. The van der Waals surface area contributed by atoms with Gasteiger partial charge in [-0.1, -0.05) is 0 Å². The molecule has 1 amide bonds. The largest absolute Gasteiger partial charge is 0.451 e. The third-order valence-corrected chi connectivity index (χ3v) is 7.15. The van der Waals surface area contributed by atoms with E-state index in [0.717, 1.165) is 0 Å². The standard InChI is InChI=1S/C21H18FN3O4S/c1-14-18-12-16(22)4-7-19(18)29-20(14)21(26)24-8-10-25(11-9-24)30(27,28)17-5-2-15(13-23)3-6-17/h2-7,12H,8-11H2,1H3. The number of carbonyl (C=O) groups is 1. The molecule has 1 aliphatic rings. The molecule has 4 rings (SSSR count). The third-order valence-electron chi connectivity index (χ3n) is 5.24. The summed E-state index contributed by atoms with van der Waals surface area (Å²) in [7, 11) is -3.71. The summed E-state index contributed by atoms with van der Waals surface area (Å²) < 4.78 is 46.1. The fourth-order valence-electron chi connectivity index (χ4n) is 3.52. The average Bonchev–Trinajstić information content (AvgIpc) is 3.09. The van der Waals surface area contributed by atoms with E-state index in [1.165, 1.54) is 51.7 Å². The van der Waals surface area contributed by atoms with Crippen molar-refractivity contribution in [2.45, 2.75) is 11.8 Å². The fraction of sp³-hybridized carbons (Fsp3) is 0.238. The minimum Gasteiger partial charge on any atom is -0.451 e. The number of amides is 1. The Hall–Kier alpha value is -3.22. The molecule has 1 aromatic heterocycles. The van der Waals surface area contributed by atoms with E-state index in [9.17, 15) is 17.6 Å². The van der Waals surface area contributed by atoms with Crippen LogP contribution in [0.1, 0.15) is 21.7 Å². The lowest BCUT2D eigenvalue weighted by molar-refractivity contribution is 0.0667. The van der Waals surface area contributed by atoms with Gasteiger partial charge in [0.1, 0.15) is 11.4 Å². The first-order valence-electron chi connectivity index (χ1n) is 9.29. The van der Waals surface area contributed by atoms with Gasteiger partial charge in [0.15, 0.2) is 5.76 Å². The Labute approximate surface area is 173 Å². The number of benzene rings is 2. The summed E-state index contributed by atoms with van der Waals surface area (Å²) in [5, 5.41) is 9.40. The number of furan rings is 1. The molecule has 9 heteroatoms. The van der Waals surface area contributed by atoms with Crippen LogP contribution in [0, 0.1) is 24.1 Å². The maximum absolute atomic E-state index is 13.5. The molecule has 7 nitrogen and oxygen atoms in total. The number of aryl methyl sites for hydroxylation is 1. The zero-order valence-electron chi connectivity index (χ0n) is 16.1. The first kappa shape index (κ1) is 20.1. The number of nitriles is 1. The molecule has 0 aliphatic carbocycles. The quantitative estimate of drug-likeness (QED) is 0.641. The maximum atomic E-state index is 13.5. The predicted molar refractivity (Wildman–Crippen MR) is 107 cm³/mol. The molecule has 0 radical (unpaired) electrons. The summed E-state index contributed by atoms with van der Waals surface area (Å²) in [6.45, 7) is 2.40. The van der Waals surface area contributed by atoms with Crippen molar-refractivity contribution in [2.24, 2.45) is 0 Å². The van der Waals surface area contributed by atoms with Gasteiger partial charge >= 0.3 is 0 Å². The number of fused-ring (bicyclic) bond motifs is 1. The van der Waals surface area contributed by atoms with Crippen molar-refractivity contribution in [1.29, 1.82) is 5.26 Å². The fourth-order valence-corrected chi connectivity index (χ4v) is 4.94. The molecule has 0 unspecified atom stereocenters. The molecule has 0 atom stereocenters. The molecule has 1 saturated heterocycles. The smallest absolute Gasteiger partial charge is 0.289 e. The number of rotatable bonds is 3. The summed E-state index contributed by atoms with van der Waals surface area (Å²) in [6, 6.07) is 11.8. The summed E-state index contributed by atoms with van der Waals surface area (Å²) >= 11 is 0. The second-order valence-electron chi connectivity index (χ2n) is 7.03. The van der Waals surface area contributed by atoms with Gasteiger partial charge in [0.2, 0.25) is 10.0 Å². The predicted octanol–water partition coefficient (Wildman–Crippen LogP) is 2.90. The van der Waals surface area contributed by atoms with E-state index in [1.807, 2.05) is 6.07 Å². The van der Waals surface area contributed by atoms with Gasteiger partial charge in [0, 0.05) is 37.1 Å². The van der Waals surface area contributed by atoms with Crippen LogP contribution < -0.4 is 0 Å². The van der Waals surface area contributed by atoms with Crippen LogP contribution in [0.15, 0.2) is 51.8 Å². The zero-order valence-corrected chi connectivity index (χ0v) is 16.9. The highest BCUT2D eigenvalue weighted by Gasteiger charge is 2.32. The molecule has 2 aromatic carbocycles. The Bertz CT molecular complexity index is 1270. The Morgan fingerprint density at radius 2 is 1.77 bits per heavy atom. The van der Waals surface area contributed by atoms with Crippen molar-refractivity contribution in [1.82, 2.24) is 9.21 Å². The highest BCUT2D eigenvalue weighted by molar-refractivity contribution is 7.89. The highest BCUT2D eigenvalue weighted by Crippen LogP contribution is 2.27. The van der Waals surface area contributed by atoms with Crippen LogP contribution in [0.4, 0.5) is 4.39 Å². The minimum atomic E-state index is -3.71. The SMILES string of the molecule is Cc1c(C(=O)N2CCN(S(=O)(=O)c3ccc(C#N)cc3)CC2)oc2ccc(F)cc12. The van der Waals surface area contributed by atoms with E-state index in [0.29, 0.717) is 22.1 Å². The van der Waals surface area contributed by atoms with Crippen LogP contribution in [0.2, 0.25) is 0 Å². The summed E-state index contributed by atoms with van der Waals surface area (Å²) in [6.07, 6.45) is 0. The van der Waals surface area contributed by atoms with E-state index in [1.54, 1.807) is 6.92 Å². The van der Waals surface area contributed by atoms with Crippen molar-refractivity contribution in [3.05, 3.63) is 65.2 Å². The molecule has 1 fully saturated rings. The number of hydrogen-bond acceptors (Lipinski definition) is 5. The Morgan fingerprint density at radius 3 is 2.40 bits per heavy atom. The third kappa shape index (κ3) is 3.44. The van der Waals surface area contributed by atoms with Crippen LogP contribution in [0.5, 0.6) is 0 Å². The van der Waals surface area contributed by atoms with Gasteiger partial charge in [-0.25, -0.2) is 12.8 Å². The topological polar surface area (TPSA) is 94.6 Å². The number of sulfonamides is 1. The molecule has 2 heterocycles. The highest BCUT2D eigenvalue weighted by atomic mass is 32.2. The second-order valence-corrected chi connectivity index (χ2v) is 8.97. The molecule has 0 saturated carbocycles. The maximum Gasteiger partial charge on any atom is 0.289 e. The van der Waals surface area contributed by atoms with Gasteiger partial charge in [-0.3, -0.25) is 4.79 Å². The van der Waals surface area contributed by atoms with E-state index in [2.05, 4.69) is 0 Å². The molecule has 1 aliphatic heterocycles. The van der Waals surface area contributed by atoms with E-state index in [4.69, 9.17) is 9.68 Å². The van der Waals surface area contributed by atoms with Crippen molar-refractivity contribution in [3.63, 3.8) is 0 Å². The summed E-state index contributed by atoms with van der Waals surface area (Å²) in [5.74, 6) is -0.620. The van der Waals surface area contributed by atoms with Crippen molar-refractivity contribution in [3.8, 4) is 6.07 Å². The van der Waals surface area contributed by atoms with Crippen LogP contribution in [0.25, 0.3) is 11.0 Å². The van der Waals surface area contributed by atoms with Crippen molar-refractivity contribution >= 4 is 26.9 Å². The summed E-state index contributed by atoms with van der Waals surface area (Å²) in [4.78, 5) is 14.6. The molecular weight excluding hydrogens is 409 g/mol. The Morgan fingerprint density at radius 1 is 1.10 bits per heavy atom. The van der Waals surface area contributed by atoms with Gasteiger partial charge in [0.25, 0.3) is 5.91 Å². The van der Waals surface area contributed by atoms with Crippen LogP contribution in [-0.2, 0) is 10.0 Å². The number of nitrogens with zero attached hydrogens (tertiary/aromatic N) is 3. The Balaban J connectivity index is 1.49. The number of piperazine rings is 1. The van der Waals surface area contributed by atoms with E-state index < -0.39 is 15.8 Å². The molecule has 30 heavy (non-hydrogen) atoms. The van der Waals surface area contributed by atoms with Crippen LogP contribution >= 0.6 is 0 Å². The lowest BCUT2D eigenvalue weighted by Gasteiger charge is -2.33. The molecule has 3 aromatic rings. The van der Waals surface area contributed by atoms with Gasteiger partial charge < -0.3 is 9.32 Å². The second kappa shape index (κ2) is 7.55. The first-order chi connectivity index (χ1) is 14.3. The lowest BCUT2D eigenvalue weighted by Crippen LogP contribution is -2.50. The van der Waals surface area contributed by atoms with E-state index in [-0.39, 0.29) is 42.7 Å². The summed E-state index contributed by atoms with van der Waals surface area (Å²) in [5.41, 5.74) is 1.37. The number of hydrogen-bond donors (Lipinski definition) is 0. The zero-order chi connectivity index (χ0) is 21.5. The van der Waals surface area contributed by atoms with Gasteiger partial charge in [-0.05, 0) is 49.4 Å². The lowest BCUT2D eigenvalue weighted by atomic mass is 10.1. The number of carbonyl (C=O) groups excluding carboxylic acids is 1. The average molecular weight is 427 g/mol. The van der Waals surface area contributed by atoms with Gasteiger partial charge in [-0.2, -0.15) is 9.57 Å².